The molecule has 1 aromatic carbocycles. The third-order valence-electron chi connectivity index (χ3n) is 2.71. The Labute approximate surface area is 112 Å². The Morgan fingerprint density at radius 1 is 1.59 bits per heavy atom. The van der Waals surface area contributed by atoms with Crippen LogP contribution in [0.15, 0.2) is 22.7 Å². The molecule has 3 nitrogen and oxygen atoms in total. The number of carbonyl (C=O) groups is 1. The van der Waals surface area contributed by atoms with Gasteiger partial charge in [0.15, 0.2) is 0 Å². The zero-order valence-corrected chi connectivity index (χ0v) is 11.3. The van der Waals surface area contributed by atoms with E-state index in [-0.39, 0.29) is 6.42 Å². The van der Waals surface area contributed by atoms with Gasteiger partial charge in [-0.05, 0) is 33.6 Å². The van der Waals surface area contributed by atoms with Gasteiger partial charge >= 0.3 is 0 Å². The van der Waals surface area contributed by atoms with Crippen LogP contribution in [0, 0.1) is 11.3 Å². The number of aryl methyl sites for hydroxylation is 1. The van der Waals surface area contributed by atoms with E-state index in [1.165, 1.54) is 0 Å². The molecule has 0 aliphatic heterocycles. The number of fused-ring (bicyclic) bond motifs is 1. The summed E-state index contributed by atoms with van der Waals surface area (Å²) in [4.78, 5) is 11.5. The first-order valence-corrected chi connectivity index (χ1v) is 6.07. The van der Waals surface area contributed by atoms with Crippen LogP contribution in [0.3, 0.4) is 0 Å². The van der Waals surface area contributed by atoms with Crippen molar-refractivity contribution in [3.8, 4) is 6.07 Å². The number of nitriles is 1. The summed E-state index contributed by atoms with van der Waals surface area (Å²) in [6.45, 7) is 0. The zero-order chi connectivity index (χ0) is 12.6. The number of rotatable bonds is 2. The normalized spacial score (nSPS) is 10.5. The van der Waals surface area contributed by atoms with Crippen LogP contribution in [0.2, 0.25) is 0 Å². The highest BCUT2D eigenvalue weighted by atomic mass is 79.9. The molecule has 0 atom stereocenters. The largest absolute Gasteiger partial charge is 0.339 e. The SMILES string of the molecule is Cn1c(C(=O)Cl)c(CC#N)c2cccc(Br)c21. The highest BCUT2D eigenvalue weighted by Crippen LogP contribution is 2.31. The number of benzene rings is 1. The van der Waals surface area contributed by atoms with Gasteiger partial charge in [0.2, 0.25) is 0 Å². The zero-order valence-electron chi connectivity index (χ0n) is 9.00. The number of aromatic nitrogens is 1. The van der Waals surface area contributed by atoms with Crippen molar-refractivity contribution in [3.05, 3.63) is 33.9 Å². The third kappa shape index (κ3) is 1.86. The molecular formula is C12H8BrClN2O. The predicted molar refractivity (Wildman–Crippen MR) is 70.1 cm³/mol. The molecule has 0 amide bonds. The van der Waals surface area contributed by atoms with Crippen LogP contribution >= 0.6 is 27.5 Å². The maximum absolute atomic E-state index is 11.5. The topological polar surface area (TPSA) is 45.8 Å². The number of nitrogens with zero attached hydrogens (tertiary/aromatic N) is 2. The monoisotopic (exact) mass is 310 g/mol. The lowest BCUT2D eigenvalue weighted by molar-refractivity contribution is 0.107. The van der Waals surface area contributed by atoms with Gasteiger partial charge in [0, 0.05) is 22.5 Å². The van der Waals surface area contributed by atoms with E-state index in [9.17, 15) is 4.79 Å². The van der Waals surface area contributed by atoms with Crippen LogP contribution in [0.5, 0.6) is 0 Å². The lowest BCUT2D eigenvalue weighted by Gasteiger charge is -2.01. The van der Waals surface area contributed by atoms with E-state index >= 15 is 0 Å². The highest BCUT2D eigenvalue weighted by molar-refractivity contribution is 9.10. The summed E-state index contributed by atoms with van der Waals surface area (Å²) in [7, 11) is 1.77. The van der Waals surface area contributed by atoms with E-state index < -0.39 is 5.24 Å². The van der Waals surface area contributed by atoms with Gasteiger partial charge in [0.1, 0.15) is 5.69 Å². The van der Waals surface area contributed by atoms with Crippen molar-refractivity contribution in [1.82, 2.24) is 4.57 Å². The lowest BCUT2D eigenvalue weighted by atomic mass is 10.1. The Bertz CT molecular complexity index is 655. The number of para-hydroxylation sites is 1. The molecule has 1 aromatic heterocycles. The summed E-state index contributed by atoms with van der Waals surface area (Å²) in [6.07, 6.45) is 0.168. The van der Waals surface area contributed by atoms with Crippen LogP contribution in [0.25, 0.3) is 10.9 Å². The number of hydrogen-bond donors (Lipinski definition) is 0. The summed E-state index contributed by atoms with van der Waals surface area (Å²) in [5.41, 5.74) is 1.95. The molecule has 0 aliphatic rings. The van der Waals surface area contributed by atoms with Gasteiger partial charge in [0.05, 0.1) is 18.0 Å². The Morgan fingerprint density at radius 3 is 2.88 bits per heavy atom. The second kappa shape index (κ2) is 4.52. The molecule has 0 N–H and O–H groups in total. The van der Waals surface area contributed by atoms with Crippen molar-refractivity contribution in [2.24, 2.45) is 7.05 Å². The Hall–Kier alpha value is -1.31. The van der Waals surface area contributed by atoms with Crippen LogP contribution in [-0.2, 0) is 13.5 Å². The standard InChI is InChI=1S/C12H8BrClN2O/c1-16-10-7(3-2-4-9(10)13)8(5-6-15)11(16)12(14)17/h2-4H,5H2,1H3. The van der Waals surface area contributed by atoms with Crippen LogP contribution in [0.4, 0.5) is 0 Å². The van der Waals surface area contributed by atoms with E-state index in [0.29, 0.717) is 11.3 Å². The maximum Gasteiger partial charge on any atom is 0.269 e. The summed E-state index contributed by atoms with van der Waals surface area (Å²) in [6, 6.07) is 7.71. The summed E-state index contributed by atoms with van der Waals surface area (Å²) in [5, 5.41) is 9.18. The Balaban J connectivity index is 2.94. The van der Waals surface area contributed by atoms with Crippen LogP contribution in [-0.4, -0.2) is 9.81 Å². The smallest absolute Gasteiger partial charge is 0.269 e. The summed E-state index contributed by atoms with van der Waals surface area (Å²) < 4.78 is 2.60. The van der Waals surface area contributed by atoms with Gasteiger partial charge in [-0.3, -0.25) is 4.79 Å². The fourth-order valence-electron chi connectivity index (χ4n) is 2.05. The predicted octanol–water partition coefficient (Wildman–Crippen LogP) is 3.39. The maximum atomic E-state index is 11.5. The average molecular weight is 312 g/mol. The van der Waals surface area contributed by atoms with Gasteiger partial charge < -0.3 is 4.57 Å². The molecule has 0 unspecified atom stereocenters. The first-order valence-electron chi connectivity index (χ1n) is 4.90. The molecule has 0 spiro atoms. The number of halogens is 2. The molecule has 5 heteroatoms. The van der Waals surface area contributed by atoms with Crippen molar-refractivity contribution >= 4 is 43.7 Å². The third-order valence-corrected chi connectivity index (χ3v) is 3.53. The minimum atomic E-state index is -0.541. The molecule has 2 rings (SSSR count). The summed E-state index contributed by atoms with van der Waals surface area (Å²) in [5.74, 6) is 0. The van der Waals surface area contributed by atoms with Crippen LogP contribution < -0.4 is 0 Å². The average Bonchev–Trinajstić information content (AvgIpc) is 2.54. The second-order valence-electron chi connectivity index (χ2n) is 3.63. The van der Waals surface area contributed by atoms with E-state index in [1.54, 1.807) is 11.6 Å². The van der Waals surface area contributed by atoms with E-state index in [1.807, 2.05) is 18.2 Å². The molecule has 0 fully saturated rings. The van der Waals surface area contributed by atoms with Crippen molar-refractivity contribution < 1.29 is 4.79 Å². The second-order valence-corrected chi connectivity index (χ2v) is 4.83. The van der Waals surface area contributed by atoms with Crippen molar-refractivity contribution in [1.29, 1.82) is 5.26 Å². The van der Waals surface area contributed by atoms with Gasteiger partial charge in [0.25, 0.3) is 5.24 Å². The molecule has 1 heterocycles. The fourth-order valence-corrected chi connectivity index (χ4v) is 2.92. The van der Waals surface area contributed by atoms with E-state index in [2.05, 4.69) is 22.0 Å². The fraction of sp³-hybridized carbons (Fsp3) is 0.167. The van der Waals surface area contributed by atoms with Gasteiger partial charge in [-0.15, -0.1) is 0 Å². The lowest BCUT2D eigenvalue weighted by Crippen LogP contribution is -2.02. The molecule has 0 aliphatic carbocycles. The minimum Gasteiger partial charge on any atom is -0.339 e. The Morgan fingerprint density at radius 2 is 2.29 bits per heavy atom. The molecule has 86 valence electrons. The number of carbonyl (C=O) groups excluding carboxylic acids is 1. The van der Waals surface area contributed by atoms with E-state index in [0.717, 1.165) is 15.4 Å². The first-order chi connectivity index (χ1) is 8.07. The van der Waals surface area contributed by atoms with Crippen molar-refractivity contribution in [2.75, 3.05) is 0 Å². The molecule has 17 heavy (non-hydrogen) atoms. The van der Waals surface area contributed by atoms with E-state index in [4.69, 9.17) is 16.9 Å². The molecule has 0 radical (unpaired) electrons. The molecule has 0 bridgehead atoms. The molecule has 0 saturated heterocycles. The summed E-state index contributed by atoms with van der Waals surface area (Å²) >= 11 is 9.03. The number of hydrogen-bond acceptors (Lipinski definition) is 2. The van der Waals surface area contributed by atoms with Gasteiger partial charge in [-0.1, -0.05) is 12.1 Å². The molecular weight excluding hydrogens is 304 g/mol. The van der Waals surface area contributed by atoms with Crippen molar-refractivity contribution in [2.45, 2.75) is 6.42 Å². The van der Waals surface area contributed by atoms with Gasteiger partial charge in [-0.25, -0.2) is 0 Å². The van der Waals surface area contributed by atoms with Gasteiger partial charge in [-0.2, -0.15) is 5.26 Å². The van der Waals surface area contributed by atoms with Crippen LogP contribution in [0.1, 0.15) is 16.1 Å². The molecule has 2 aromatic rings. The Kier molecular flexibility index (Phi) is 3.23. The molecule has 0 saturated carbocycles. The van der Waals surface area contributed by atoms with Crippen molar-refractivity contribution in [3.63, 3.8) is 0 Å². The highest BCUT2D eigenvalue weighted by Gasteiger charge is 2.20. The minimum absolute atomic E-state index is 0.168. The first kappa shape index (κ1) is 12.2. The quantitative estimate of drug-likeness (QED) is 0.798.